The van der Waals surface area contributed by atoms with Crippen LogP contribution in [-0.2, 0) is 9.59 Å². The van der Waals surface area contributed by atoms with Gasteiger partial charge in [0.15, 0.2) is 0 Å². The third-order valence-corrected chi connectivity index (χ3v) is 30.3. The van der Waals surface area contributed by atoms with Crippen LogP contribution in [0.1, 0.15) is 367 Å². The molecule has 0 radical (unpaired) electrons. The van der Waals surface area contributed by atoms with E-state index in [2.05, 4.69) is 159 Å². The van der Waals surface area contributed by atoms with Gasteiger partial charge in [-0.25, -0.2) is 0 Å². The van der Waals surface area contributed by atoms with E-state index in [4.69, 9.17) is 9.59 Å². The highest BCUT2D eigenvalue weighted by atomic mass is 28.3. The SMILES string of the molecule is CC(C)(C)CCCC([NH3+])CCCC[Si](C)(C)C.CCCCCC([NH3+])CCCC[Si](C)(C)C.CCCCCCCCC([NH3+])CCCC[Si](C)(C)C.C[Si](C)(C)CCCCC([NH3+])CCCCC1CCCCC1.O=C=O.[NH3+]C(C1CCCCC1)C1CCCCC1.[NH3+]C(c1cccnc1)C1CCCCC1. The Kier molecular flexibility index (Phi) is 64.8. The van der Waals surface area contributed by atoms with Crippen molar-refractivity contribution >= 4 is 38.4 Å². The Bertz CT molecular complexity index is 1920. The van der Waals surface area contributed by atoms with Crippen molar-refractivity contribution in [1.82, 2.24) is 4.98 Å². The van der Waals surface area contributed by atoms with E-state index in [0.717, 1.165) is 47.8 Å². The highest BCUT2D eigenvalue weighted by Crippen LogP contribution is 2.35. The number of rotatable bonds is 43. The molecule has 0 saturated heterocycles. The fourth-order valence-corrected chi connectivity index (χ4v) is 21.2. The van der Waals surface area contributed by atoms with Gasteiger partial charge in [-0.3, -0.25) is 4.98 Å². The summed E-state index contributed by atoms with van der Waals surface area (Å²) in [5.74, 6) is 3.82. The molecule has 4 aliphatic carbocycles. The number of nitrogens with zero attached hydrogens (tertiary/aromatic N) is 1. The van der Waals surface area contributed by atoms with Gasteiger partial charge in [-0.1, -0.05) is 317 Å². The molecular formula is C88H191N7O2Si4+6. The quantitative estimate of drug-likeness (QED) is 0.0278. The van der Waals surface area contributed by atoms with E-state index in [1.807, 2.05) is 18.5 Å². The highest BCUT2D eigenvalue weighted by molar-refractivity contribution is 6.77. The van der Waals surface area contributed by atoms with E-state index in [9.17, 15) is 0 Å². The topological polar surface area (TPSA) is 213 Å². The van der Waals surface area contributed by atoms with Crippen LogP contribution in [0.5, 0.6) is 0 Å². The van der Waals surface area contributed by atoms with Gasteiger partial charge in [-0.2, -0.15) is 9.59 Å². The predicted octanol–water partition coefficient (Wildman–Crippen LogP) is 22.2. The van der Waals surface area contributed by atoms with E-state index < -0.39 is 32.3 Å². The van der Waals surface area contributed by atoms with Crippen LogP contribution >= 0.6 is 0 Å². The summed E-state index contributed by atoms with van der Waals surface area (Å²) >= 11 is 0. The summed E-state index contributed by atoms with van der Waals surface area (Å²) in [6, 6.07) is 14.2. The van der Waals surface area contributed by atoms with Gasteiger partial charge in [0.2, 0.25) is 0 Å². The van der Waals surface area contributed by atoms with Crippen LogP contribution in [0, 0.1) is 29.1 Å². The Morgan fingerprint density at radius 1 is 0.396 bits per heavy atom. The van der Waals surface area contributed by atoms with Gasteiger partial charge in [-0.05, 0) is 165 Å². The smallest absolute Gasteiger partial charge is 0.355 e. The first-order valence-electron chi connectivity index (χ1n) is 44.5. The van der Waals surface area contributed by atoms with Crippen molar-refractivity contribution in [1.29, 1.82) is 0 Å². The minimum atomic E-state index is -0.800. The summed E-state index contributed by atoms with van der Waals surface area (Å²) < 4.78 is 0. The second-order valence-electron chi connectivity index (χ2n) is 39.8. The number of quaternary nitrogens is 6. The molecule has 9 nitrogen and oxygen atoms in total. The molecule has 1 aromatic rings. The molecule has 4 fully saturated rings. The molecule has 0 aromatic carbocycles. The third kappa shape index (κ3) is 71.8. The standard InChI is InChI=1S/C18H39NSi.C16H37NSi.C15H35NSi.C13H31NSi.C13H25N.C12H18N2.CO2/c1-20(2,3)16-10-9-15-18(19)14-8-7-13-17-11-5-4-6-12-17;1-5-6-7-8-9-10-13-16(17)14-11-12-15-18(2,3)4;1-15(2,3)12-9-11-14(16)10-7-8-13-17(4,5)6;1-5-6-7-10-13(14)11-8-9-12-15(2,3)4;14-13(11-7-3-1-4-8-11)12-9-5-2-6-10-12;13-12(10-5-2-1-3-6-10)11-7-4-8-14-9-11;2-1-3/h17-18H,4-16,19H2,1-3H3;16H,5-15,17H2,1-4H3;14H,7-13,16H2,1-6H3;13H,5-12,14H2,1-4H3;11-13H,1-10,14H2;4,7-10,12H,1-3,5-6,13H2;/p+6. The van der Waals surface area contributed by atoms with Gasteiger partial charge in [0, 0.05) is 68.0 Å². The summed E-state index contributed by atoms with van der Waals surface area (Å²) in [5, 5.41) is 0. The zero-order chi connectivity index (χ0) is 76.3. The van der Waals surface area contributed by atoms with Crippen molar-refractivity contribution in [3.8, 4) is 0 Å². The first-order chi connectivity index (χ1) is 47.7. The van der Waals surface area contributed by atoms with Gasteiger partial charge >= 0.3 is 6.15 Å². The molecule has 0 aliphatic heterocycles. The molecular weight excluding hydrogens is 1300 g/mol. The molecule has 5 unspecified atom stereocenters. The molecule has 4 aliphatic rings. The lowest BCUT2D eigenvalue weighted by atomic mass is 9.74. The number of aromatic nitrogens is 1. The van der Waals surface area contributed by atoms with Crippen LogP contribution < -0.4 is 34.4 Å². The lowest BCUT2D eigenvalue weighted by Crippen LogP contribution is -2.68. The summed E-state index contributed by atoms with van der Waals surface area (Å²) in [4.78, 5) is 20.4. The largest absolute Gasteiger partial charge is 0.373 e. The highest BCUT2D eigenvalue weighted by Gasteiger charge is 2.32. The minimum Gasteiger partial charge on any atom is -0.355 e. The maximum absolute atomic E-state index is 8.12. The van der Waals surface area contributed by atoms with E-state index in [0.29, 0.717) is 17.5 Å². The molecule has 18 N–H and O–H groups in total. The molecule has 0 amide bonds. The Morgan fingerprint density at radius 2 is 0.683 bits per heavy atom. The molecule has 1 heterocycles. The number of carbonyl (C=O) groups excluding carboxylic acids is 2. The van der Waals surface area contributed by atoms with E-state index in [1.165, 1.54) is 351 Å². The normalized spacial score (nSPS) is 17.6. The van der Waals surface area contributed by atoms with Crippen LogP contribution in [0.2, 0.25) is 103 Å². The molecule has 5 rings (SSSR count). The summed E-state index contributed by atoms with van der Waals surface area (Å²) in [5.41, 5.74) is 27.8. The number of hydrogen-bond acceptors (Lipinski definition) is 3. The Hall–Kier alpha value is -0.842. The van der Waals surface area contributed by atoms with Crippen LogP contribution in [-0.4, -0.2) is 73.6 Å². The monoisotopic (exact) mass is 1490 g/mol. The second-order valence-corrected chi connectivity index (χ2v) is 62.3. The molecule has 13 heteroatoms. The first kappa shape index (κ1) is 102. The zero-order valence-corrected chi connectivity index (χ0v) is 76.3. The van der Waals surface area contributed by atoms with E-state index in [-0.39, 0.29) is 6.15 Å². The van der Waals surface area contributed by atoms with Crippen molar-refractivity contribution in [2.75, 3.05) is 0 Å². The fourth-order valence-electron chi connectivity index (χ4n) is 16.0. The van der Waals surface area contributed by atoms with Gasteiger partial charge in [0.25, 0.3) is 0 Å². The van der Waals surface area contributed by atoms with Crippen molar-refractivity contribution in [2.45, 2.75) is 495 Å². The number of unbranched alkanes of at least 4 members (excludes halogenated alkanes) is 12. The molecule has 1 aromatic heterocycles. The summed E-state index contributed by atoms with van der Waals surface area (Å²) in [6.07, 6.45) is 75.2. The van der Waals surface area contributed by atoms with Crippen molar-refractivity contribution < 1.29 is 44.0 Å². The second kappa shape index (κ2) is 64.0. The number of pyridine rings is 1. The van der Waals surface area contributed by atoms with Gasteiger partial charge in [-0.15, -0.1) is 0 Å². The molecule has 101 heavy (non-hydrogen) atoms. The van der Waals surface area contributed by atoms with Crippen LogP contribution in [0.3, 0.4) is 0 Å². The Morgan fingerprint density at radius 3 is 1.01 bits per heavy atom. The van der Waals surface area contributed by atoms with Crippen molar-refractivity contribution in [3.05, 3.63) is 30.1 Å². The molecule has 0 bridgehead atoms. The summed E-state index contributed by atoms with van der Waals surface area (Å²) in [7, 11) is -3.17. The van der Waals surface area contributed by atoms with Gasteiger partial charge in [0.05, 0.1) is 30.2 Å². The molecule has 0 spiro atoms. The fraction of sp³-hybridized carbons (Fsp3) is 0.932. The lowest BCUT2D eigenvalue weighted by Gasteiger charge is -2.32. The molecule has 4 saturated carbocycles. The first-order valence-corrected chi connectivity index (χ1v) is 59.4. The average molecular weight is 1490 g/mol. The zero-order valence-electron chi connectivity index (χ0n) is 72.3. The number of hydrogen-bond donors (Lipinski definition) is 6. The van der Waals surface area contributed by atoms with Gasteiger partial charge < -0.3 is 34.4 Å². The summed E-state index contributed by atoms with van der Waals surface area (Å²) in [6.45, 7) is 41.3. The van der Waals surface area contributed by atoms with E-state index >= 15 is 0 Å². The van der Waals surface area contributed by atoms with Crippen LogP contribution in [0.4, 0.5) is 0 Å². The Labute approximate surface area is 637 Å². The van der Waals surface area contributed by atoms with Crippen molar-refractivity contribution in [2.24, 2.45) is 29.1 Å². The predicted molar refractivity (Wildman–Crippen MR) is 456 cm³/mol. The average Bonchev–Trinajstić information content (AvgIpc) is 0.891. The molecule has 5 atom stereocenters. The molecule has 600 valence electrons. The van der Waals surface area contributed by atoms with Crippen molar-refractivity contribution in [3.63, 3.8) is 0 Å². The van der Waals surface area contributed by atoms with Crippen LogP contribution in [0.25, 0.3) is 0 Å². The maximum atomic E-state index is 8.12. The van der Waals surface area contributed by atoms with Gasteiger partial charge in [0.1, 0.15) is 6.04 Å². The minimum absolute atomic E-state index is 0.250. The third-order valence-electron chi connectivity index (χ3n) is 22.9. The Balaban J connectivity index is 0. The van der Waals surface area contributed by atoms with Crippen LogP contribution in [0.15, 0.2) is 24.5 Å². The lowest BCUT2D eigenvalue weighted by molar-refractivity contribution is -0.449. The maximum Gasteiger partial charge on any atom is 0.373 e. The van der Waals surface area contributed by atoms with E-state index in [1.54, 1.807) is 0 Å².